The molecule has 0 aliphatic carbocycles. The second-order valence-corrected chi connectivity index (χ2v) is 6.66. The van der Waals surface area contributed by atoms with Crippen LogP contribution in [-0.4, -0.2) is 32.6 Å². The summed E-state index contributed by atoms with van der Waals surface area (Å²) < 4.78 is 21.6. The molecule has 0 aromatic heterocycles. The standard InChI is InChI=1S/C26H24O6/c1-4-31-25-16-18(11-14-23(25)32-26(28)19-8-6-5-7-9-19)10-13-21(27)20-12-15-22(29-2)24(17-20)30-3/h5-17H,4H2,1-3H3/b13-10+. The van der Waals surface area contributed by atoms with Gasteiger partial charge < -0.3 is 18.9 Å². The zero-order chi connectivity index (χ0) is 22.9. The Kier molecular flexibility index (Phi) is 7.65. The molecule has 0 amide bonds. The molecule has 6 heteroatoms. The monoisotopic (exact) mass is 432 g/mol. The van der Waals surface area contributed by atoms with E-state index >= 15 is 0 Å². The Morgan fingerprint density at radius 1 is 0.781 bits per heavy atom. The maximum absolute atomic E-state index is 12.6. The Bertz CT molecular complexity index is 1120. The predicted octanol–water partition coefficient (Wildman–Crippen LogP) is 5.22. The quantitative estimate of drug-likeness (QED) is 0.200. The van der Waals surface area contributed by atoms with Gasteiger partial charge in [-0.05, 0) is 61.0 Å². The molecule has 3 aromatic carbocycles. The van der Waals surface area contributed by atoms with Crippen molar-refractivity contribution in [3.8, 4) is 23.0 Å². The first kappa shape index (κ1) is 22.6. The lowest BCUT2D eigenvalue weighted by Gasteiger charge is -2.11. The average molecular weight is 432 g/mol. The Morgan fingerprint density at radius 3 is 2.19 bits per heavy atom. The SMILES string of the molecule is CCOc1cc(/C=C/C(=O)c2ccc(OC)c(OC)c2)ccc1OC(=O)c1ccccc1. The van der Waals surface area contributed by atoms with Crippen LogP contribution in [0.25, 0.3) is 6.08 Å². The van der Waals surface area contributed by atoms with E-state index in [2.05, 4.69) is 0 Å². The normalized spacial score (nSPS) is 10.6. The van der Waals surface area contributed by atoms with Gasteiger partial charge in [-0.3, -0.25) is 4.79 Å². The summed E-state index contributed by atoms with van der Waals surface area (Å²) in [7, 11) is 3.05. The first-order valence-corrected chi connectivity index (χ1v) is 10.0. The maximum Gasteiger partial charge on any atom is 0.343 e. The van der Waals surface area contributed by atoms with Crippen LogP contribution in [0.15, 0.2) is 72.8 Å². The third-order valence-electron chi connectivity index (χ3n) is 4.57. The average Bonchev–Trinajstić information content (AvgIpc) is 2.84. The smallest absolute Gasteiger partial charge is 0.343 e. The van der Waals surface area contributed by atoms with E-state index in [0.717, 1.165) is 5.56 Å². The highest BCUT2D eigenvalue weighted by Crippen LogP contribution is 2.30. The van der Waals surface area contributed by atoms with Gasteiger partial charge in [0.1, 0.15) is 0 Å². The van der Waals surface area contributed by atoms with E-state index in [1.807, 2.05) is 13.0 Å². The fourth-order valence-electron chi connectivity index (χ4n) is 2.97. The summed E-state index contributed by atoms with van der Waals surface area (Å²) >= 11 is 0. The van der Waals surface area contributed by atoms with Gasteiger partial charge in [0.25, 0.3) is 0 Å². The van der Waals surface area contributed by atoms with Gasteiger partial charge in [0, 0.05) is 5.56 Å². The zero-order valence-electron chi connectivity index (χ0n) is 18.2. The Labute approximate surface area is 187 Å². The van der Waals surface area contributed by atoms with Gasteiger partial charge in [0.15, 0.2) is 28.8 Å². The lowest BCUT2D eigenvalue weighted by molar-refractivity contribution is 0.0728. The molecule has 0 bridgehead atoms. The third kappa shape index (κ3) is 5.55. The largest absolute Gasteiger partial charge is 0.493 e. The molecule has 32 heavy (non-hydrogen) atoms. The van der Waals surface area contributed by atoms with Crippen LogP contribution in [0.1, 0.15) is 33.2 Å². The lowest BCUT2D eigenvalue weighted by atomic mass is 10.1. The van der Waals surface area contributed by atoms with Gasteiger partial charge in [-0.15, -0.1) is 0 Å². The van der Waals surface area contributed by atoms with Crippen LogP contribution < -0.4 is 18.9 Å². The summed E-state index contributed by atoms with van der Waals surface area (Å²) in [6.45, 7) is 2.24. The minimum absolute atomic E-state index is 0.191. The molecule has 0 saturated heterocycles. The molecular formula is C26H24O6. The van der Waals surface area contributed by atoms with Crippen molar-refractivity contribution in [1.29, 1.82) is 0 Å². The number of rotatable bonds is 9. The molecule has 0 saturated carbocycles. The number of hydrogen-bond donors (Lipinski definition) is 0. The van der Waals surface area contributed by atoms with Crippen molar-refractivity contribution < 1.29 is 28.5 Å². The highest BCUT2D eigenvalue weighted by Gasteiger charge is 2.13. The van der Waals surface area contributed by atoms with E-state index < -0.39 is 5.97 Å². The Hall–Kier alpha value is -4.06. The zero-order valence-corrected chi connectivity index (χ0v) is 18.2. The fraction of sp³-hybridized carbons (Fsp3) is 0.154. The molecule has 0 aliphatic heterocycles. The third-order valence-corrected chi connectivity index (χ3v) is 4.57. The summed E-state index contributed by atoms with van der Waals surface area (Å²) in [6.07, 6.45) is 3.13. The minimum Gasteiger partial charge on any atom is -0.493 e. The van der Waals surface area contributed by atoms with Crippen molar-refractivity contribution in [1.82, 2.24) is 0 Å². The first-order valence-electron chi connectivity index (χ1n) is 10.0. The first-order chi connectivity index (χ1) is 15.5. The molecule has 0 unspecified atom stereocenters. The van der Waals surface area contributed by atoms with Gasteiger partial charge in [0.2, 0.25) is 0 Å². The molecule has 0 heterocycles. The van der Waals surface area contributed by atoms with Crippen molar-refractivity contribution in [2.75, 3.05) is 20.8 Å². The van der Waals surface area contributed by atoms with Crippen molar-refractivity contribution in [3.63, 3.8) is 0 Å². The van der Waals surface area contributed by atoms with E-state index in [0.29, 0.717) is 40.7 Å². The van der Waals surface area contributed by atoms with Gasteiger partial charge >= 0.3 is 5.97 Å². The summed E-state index contributed by atoms with van der Waals surface area (Å²) in [6, 6.07) is 18.8. The number of ether oxygens (including phenoxy) is 4. The number of benzene rings is 3. The Morgan fingerprint density at radius 2 is 1.50 bits per heavy atom. The van der Waals surface area contributed by atoms with Crippen molar-refractivity contribution in [2.45, 2.75) is 6.92 Å². The van der Waals surface area contributed by atoms with Crippen LogP contribution >= 0.6 is 0 Å². The topological polar surface area (TPSA) is 71.1 Å². The fourth-order valence-corrected chi connectivity index (χ4v) is 2.97. The van der Waals surface area contributed by atoms with Gasteiger partial charge in [-0.2, -0.15) is 0 Å². The summed E-state index contributed by atoms with van der Waals surface area (Å²) in [4.78, 5) is 25.0. The van der Waals surface area contributed by atoms with Crippen LogP contribution in [0.4, 0.5) is 0 Å². The van der Waals surface area contributed by atoms with Crippen LogP contribution in [0.3, 0.4) is 0 Å². The number of allylic oxidation sites excluding steroid dienone is 1. The van der Waals surface area contributed by atoms with E-state index in [1.54, 1.807) is 66.7 Å². The maximum atomic E-state index is 12.6. The van der Waals surface area contributed by atoms with Gasteiger partial charge in [-0.25, -0.2) is 4.79 Å². The van der Waals surface area contributed by atoms with Crippen molar-refractivity contribution >= 4 is 17.8 Å². The van der Waals surface area contributed by atoms with Crippen LogP contribution in [-0.2, 0) is 0 Å². The number of esters is 1. The molecule has 0 fully saturated rings. The van der Waals surface area contributed by atoms with Crippen molar-refractivity contribution in [3.05, 3.63) is 89.5 Å². The minimum atomic E-state index is -0.474. The molecule has 0 aliphatic rings. The summed E-state index contributed by atoms with van der Waals surface area (Å²) in [5.41, 5.74) is 1.64. The second kappa shape index (κ2) is 10.8. The predicted molar refractivity (Wildman–Crippen MR) is 122 cm³/mol. The van der Waals surface area contributed by atoms with E-state index in [9.17, 15) is 9.59 Å². The van der Waals surface area contributed by atoms with E-state index in [1.165, 1.54) is 20.3 Å². The molecule has 0 radical (unpaired) electrons. The van der Waals surface area contributed by atoms with E-state index in [4.69, 9.17) is 18.9 Å². The molecule has 0 atom stereocenters. The molecule has 0 N–H and O–H groups in total. The molecule has 6 nitrogen and oxygen atoms in total. The number of carbonyl (C=O) groups excluding carboxylic acids is 2. The second-order valence-electron chi connectivity index (χ2n) is 6.66. The number of methoxy groups -OCH3 is 2. The Balaban J connectivity index is 1.78. The summed E-state index contributed by atoms with van der Waals surface area (Å²) in [5, 5.41) is 0. The van der Waals surface area contributed by atoms with Gasteiger partial charge in [0.05, 0.1) is 26.4 Å². The molecular weight excluding hydrogens is 408 g/mol. The van der Waals surface area contributed by atoms with Gasteiger partial charge in [-0.1, -0.05) is 30.3 Å². The molecule has 3 rings (SSSR count). The highest BCUT2D eigenvalue weighted by atomic mass is 16.6. The summed E-state index contributed by atoms with van der Waals surface area (Å²) in [5.74, 6) is 1.09. The van der Waals surface area contributed by atoms with E-state index in [-0.39, 0.29) is 5.78 Å². The lowest BCUT2D eigenvalue weighted by Crippen LogP contribution is -2.09. The molecule has 164 valence electrons. The van der Waals surface area contributed by atoms with Crippen LogP contribution in [0, 0.1) is 0 Å². The number of hydrogen-bond acceptors (Lipinski definition) is 6. The number of ketones is 1. The van der Waals surface area contributed by atoms with Crippen molar-refractivity contribution in [2.24, 2.45) is 0 Å². The van der Waals surface area contributed by atoms with Crippen LogP contribution in [0.2, 0.25) is 0 Å². The number of carbonyl (C=O) groups is 2. The molecule has 3 aromatic rings. The molecule has 0 spiro atoms. The highest BCUT2D eigenvalue weighted by molar-refractivity contribution is 6.07. The van der Waals surface area contributed by atoms with Crippen LogP contribution in [0.5, 0.6) is 23.0 Å².